The van der Waals surface area contributed by atoms with Crippen molar-refractivity contribution in [3.05, 3.63) is 35.4 Å². The summed E-state index contributed by atoms with van der Waals surface area (Å²) in [5, 5.41) is 0. The molecule has 0 aromatic heterocycles. The van der Waals surface area contributed by atoms with Crippen molar-refractivity contribution in [2.75, 3.05) is 6.61 Å². The minimum atomic E-state index is -0.735. The van der Waals surface area contributed by atoms with E-state index in [1.165, 1.54) is 57.1 Å². The fraction of sp³-hybridized carbons (Fsp3) is 0.714. The van der Waals surface area contributed by atoms with Gasteiger partial charge in [-0.15, -0.1) is 0 Å². The van der Waals surface area contributed by atoms with Gasteiger partial charge in [0.15, 0.2) is 11.6 Å². The lowest BCUT2D eigenvalue weighted by Crippen LogP contribution is -2.25. The first kappa shape index (κ1) is 16.5. The maximum atomic E-state index is 13.4. The zero-order valence-electron chi connectivity index (χ0n) is 14.4. The van der Waals surface area contributed by atoms with E-state index in [4.69, 9.17) is 4.74 Å². The second-order valence-corrected chi connectivity index (χ2v) is 8.26. The van der Waals surface area contributed by atoms with Crippen LogP contribution in [0.3, 0.4) is 0 Å². The predicted octanol–water partition coefficient (Wildman–Crippen LogP) is 5.83. The van der Waals surface area contributed by atoms with Gasteiger partial charge in [0.2, 0.25) is 0 Å². The third kappa shape index (κ3) is 3.82. The highest BCUT2D eigenvalue weighted by Gasteiger charge is 2.33. The molecular weight excluding hydrogens is 306 g/mol. The van der Waals surface area contributed by atoms with Crippen molar-refractivity contribution in [2.24, 2.45) is 17.8 Å². The summed E-state index contributed by atoms with van der Waals surface area (Å²) >= 11 is 0. The first-order valence-corrected chi connectivity index (χ1v) is 9.75. The predicted molar refractivity (Wildman–Crippen MR) is 90.9 cm³/mol. The molecule has 0 spiro atoms. The molecular formula is C21H28F2O. The molecule has 0 radical (unpaired) electrons. The number of hydrogen-bond acceptors (Lipinski definition) is 1. The van der Waals surface area contributed by atoms with Gasteiger partial charge in [0.05, 0.1) is 12.7 Å². The van der Waals surface area contributed by atoms with Crippen molar-refractivity contribution in [2.45, 2.75) is 69.8 Å². The third-order valence-electron chi connectivity index (χ3n) is 6.74. The van der Waals surface area contributed by atoms with Crippen LogP contribution in [0.25, 0.3) is 0 Å². The summed E-state index contributed by atoms with van der Waals surface area (Å²) < 4.78 is 31.9. The molecule has 2 saturated carbocycles. The smallest absolute Gasteiger partial charge is 0.159 e. The second kappa shape index (κ2) is 7.11. The summed E-state index contributed by atoms with van der Waals surface area (Å²) in [4.78, 5) is 0. The Morgan fingerprint density at radius 3 is 2.04 bits per heavy atom. The maximum absolute atomic E-state index is 13.4. The molecule has 3 heteroatoms. The highest BCUT2D eigenvalue weighted by atomic mass is 19.2. The van der Waals surface area contributed by atoms with E-state index >= 15 is 0 Å². The molecule has 3 fully saturated rings. The van der Waals surface area contributed by atoms with Crippen molar-refractivity contribution in [1.29, 1.82) is 0 Å². The van der Waals surface area contributed by atoms with Crippen molar-refractivity contribution in [3.63, 3.8) is 0 Å². The Hall–Kier alpha value is -0.960. The van der Waals surface area contributed by atoms with E-state index in [2.05, 4.69) is 0 Å². The van der Waals surface area contributed by atoms with Gasteiger partial charge in [0, 0.05) is 0 Å². The first-order chi connectivity index (χ1) is 11.7. The number of epoxide rings is 1. The summed E-state index contributed by atoms with van der Waals surface area (Å²) in [6.45, 7) is 0.994. The lowest BCUT2D eigenvalue weighted by atomic mass is 9.68. The molecule has 1 saturated heterocycles. The highest BCUT2D eigenvalue weighted by molar-refractivity contribution is 5.22. The van der Waals surface area contributed by atoms with E-state index in [1.807, 2.05) is 0 Å². The number of halogens is 2. The zero-order chi connectivity index (χ0) is 16.5. The van der Waals surface area contributed by atoms with Gasteiger partial charge in [-0.2, -0.15) is 0 Å². The van der Waals surface area contributed by atoms with Gasteiger partial charge in [-0.25, -0.2) is 8.78 Å². The molecule has 24 heavy (non-hydrogen) atoms. The van der Waals surface area contributed by atoms with Crippen LogP contribution in [-0.2, 0) is 4.74 Å². The Balaban J connectivity index is 1.26. The van der Waals surface area contributed by atoms with Crippen LogP contribution in [0.1, 0.15) is 69.3 Å². The summed E-state index contributed by atoms with van der Waals surface area (Å²) in [5.74, 6) is 1.62. The average Bonchev–Trinajstić information content (AvgIpc) is 3.42. The Labute approximate surface area is 143 Å². The summed E-state index contributed by atoms with van der Waals surface area (Å²) in [7, 11) is 0. The maximum Gasteiger partial charge on any atom is 0.159 e. The first-order valence-electron chi connectivity index (χ1n) is 9.75. The van der Waals surface area contributed by atoms with E-state index in [0.29, 0.717) is 12.0 Å². The molecule has 1 heterocycles. The largest absolute Gasteiger partial charge is 0.373 e. The standard InChI is InChI=1S/C21H28F2O/c22-20-10-9-18(12-21(20)23)17-7-5-16(6-8-17)15-3-1-14(2-4-15)11-19-13-24-19/h9-10,12,14-17,19H,1-8,11,13H2. The number of hydrogen-bond donors (Lipinski definition) is 0. The molecule has 1 aliphatic heterocycles. The normalized spacial score (nSPS) is 36.5. The lowest BCUT2D eigenvalue weighted by Gasteiger charge is -2.38. The van der Waals surface area contributed by atoms with Crippen molar-refractivity contribution >= 4 is 0 Å². The third-order valence-corrected chi connectivity index (χ3v) is 6.74. The molecule has 3 aliphatic rings. The molecule has 1 aromatic rings. The molecule has 0 bridgehead atoms. The lowest BCUT2D eigenvalue weighted by molar-refractivity contribution is 0.152. The van der Waals surface area contributed by atoms with Crippen LogP contribution in [0.5, 0.6) is 0 Å². The Kier molecular flexibility index (Phi) is 4.89. The molecule has 4 rings (SSSR count). The molecule has 0 N–H and O–H groups in total. The van der Waals surface area contributed by atoms with E-state index in [9.17, 15) is 8.78 Å². The van der Waals surface area contributed by atoms with E-state index in [0.717, 1.165) is 42.8 Å². The summed E-state index contributed by atoms with van der Waals surface area (Å²) in [6.07, 6.45) is 12.2. The van der Waals surface area contributed by atoms with Crippen molar-refractivity contribution in [3.8, 4) is 0 Å². The van der Waals surface area contributed by atoms with Crippen LogP contribution in [0, 0.1) is 29.4 Å². The molecule has 2 aliphatic carbocycles. The van der Waals surface area contributed by atoms with Gasteiger partial charge >= 0.3 is 0 Å². The van der Waals surface area contributed by atoms with Crippen LogP contribution < -0.4 is 0 Å². The van der Waals surface area contributed by atoms with Gasteiger partial charge < -0.3 is 4.74 Å². The number of ether oxygens (including phenoxy) is 1. The van der Waals surface area contributed by atoms with Gasteiger partial charge in [0.1, 0.15) is 0 Å². The summed E-state index contributed by atoms with van der Waals surface area (Å²) in [6, 6.07) is 4.46. The fourth-order valence-corrected chi connectivity index (χ4v) is 5.16. The van der Waals surface area contributed by atoms with Crippen LogP contribution in [-0.4, -0.2) is 12.7 Å². The highest BCUT2D eigenvalue weighted by Crippen LogP contribution is 2.45. The molecule has 1 nitrogen and oxygen atoms in total. The van der Waals surface area contributed by atoms with Gasteiger partial charge in [-0.3, -0.25) is 0 Å². The monoisotopic (exact) mass is 334 g/mol. The topological polar surface area (TPSA) is 12.5 Å². The molecule has 132 valence electrons. The van der Waals surface area contributed by atoms with Crippen LogP contribution in [0.2, 0.25) is 0 Å². The van der Waals surface area contributed by atoms with Gasteiger partial charge in [-0.05, 0) is 86.3 Å². The SMILES string of the molecule is Fc1ccc(C2CCC(C3CCC(CC4CO4)CC3)CC2)cc1F. The van der Waals surface area contributed by atoms with E-state index in [-0.39, 0.29) is 0 Å². The minimum absolute atomic E-state index is 0.416. The Morgan fingerprint density at radius 2 is 1.46 bits per heavy atom. The number of rotatable bonds is 4. The van der Waals surface area contributed by atoms with Crippen LogP contribution in [0.15, 0.2) is 18.2 Å². The molecule has 1 unspecified atom stereocenters. The van der Waals surface area contributed by atoms with Crippen molar-refractivity contribution < 1.29 is 13.5 Å². The molecule has 1 aromatic carbocycles. The quantitative estimate of drug-likeness (QED) is 0.631. The number of benzene rings is 1. The molecule has 0 amide bonds. The summed E-state index contributed by atoms with van der Waals surface area (Å²) in [5.41, 5.74) is 0.987. The molecule has 1 atom stereocenters. The Bertz CT molecular complexity index is 553. The van der Waals surface area contributed by atoms with E-state index in [1.54, 1.807) is 6.07 Å². The minimum Gasteiger partial charge on any atom is -0.373 e. The van der Waals surface area contributed by atoms with Gasteiger partial charge in [0.25, 0.3) is 0 Å². The van der Waals surface area contributed by atoms with Crippen LogP contribution in [0.4, 0.5) is 8.78 Å². The zero-order valence-corrected chi connectivity index (χ0v) is 14.4. The van der Waals surface area contributed by atoms with Crippen LogP contribution >= 0.6 is 0 Å². The van der Waals surface area contributed by atoms with Crippen molar-refractivity contribution in [1.82, 2.24) is 0 Å². The fourth-order valence-electron chi connectivity index (χ4n) is 5.16. The van der Waals surface area contributed by atoms with E-state index < -0.39 is 11.6 Å². The Morgan fingerprint density at radius 1 is 0.833 bits per heavy atom. The van der Waals surface area contributed by atoms with Gasteiger partial charge in [-0.1, -0.05) is 18.9 Å². The second-order valence-electron chi connectivity index (χ2n) is 8.26. The average molecular weight is 334 g/mol.